The molecule has 0 spiro atoms. The van der Waals surface area contributed by atoms with Crippen LogP contribution in [0.1, 0.15) is 45.6 Å². The Bertz CT molecular complexity index is 339. The van der Waals surface area contributed by atoms with Gasteiger partial charge in [-0.05, 0) is 49.8 Å². The molecule has 0 saturated heterocycles. The number of aryl methyl sites for hydroxylation is 1. The molecule has 1 atom stereocenters. The molecule has 0 aliphatic heterocycles. The van der Waals surface area contributed by atoms with Crippen LogP contribution in [0.5, 0.6) is 0 Å². The Balaban J connectivity index is 2.36. The molecule has 1 rings (SSSR count). The van der Waals surface area contributed by atoms with Crippen molar-refractivity contribution in [1.82, 2.24) is 10.3 Å². The van der Waals surface area contributed by atoms with Crippen LogP contribution in [-0.4, -0.2) is 17.6 Å². The summed E-state index contributed by atoms with van der Waals surface area (Å²) in [6.45, 7) is 7.89. The number of pyridine rings is 1. The van der Waals surface area contributed by atoms with Crippen molar-refractivity contribution in [3.63, 3.8) is 0 Å². The predicted octanol–water partition coefficient (Wildman–Crippen LogP) is 4.08. The van der Waals surface area contributed by atoms with Crippen molar-refractivity contribution in [2.75, 3.05) is 6.54 Å². The van der Waals surface area contributed by atoms with Gasteiger partial charge in [0.1, 0.15) is 0 Å². The van der Waals surface area contributed by atoms with Crippen molar-refractivity contribution >= 4 is 11.6 Å². The molecule has 1 aromatic heterocycles. The van der Waals surface area contributed by atoms with E-state index in [0.29, 0.717) is 12.0 Å². The number of nitrogens with one attached hydrogen (secondary N) is 1. The Kier molecular flexibility index (Phi) is 7.29. The van der Waals surface area contributed by atoms with Crippen molar-refractivity contribution in [1.29, 1.82) is 0 Å². The SMILES string of the molecule is CCCNC(CCCc1ccncc1Cl)C(C)C. The molecule has 0 saturated carbocycles. The Hall–Kier alpha value is -0.600. The van der Waals surface area contributed by atoms with Gasteiger partial charge in [0, 0.05) is 18.4 Å². The van der Waals surface area contributed by atoms with E-state index >= 15 is 0 Å². The highest BCUT2D eigenvalue weighted by Crippen LogP contribution is 2.17. The van der Waals surface area contributed by atoms with Gasteiger partial charge < -0.3 is 5.32 Å². The number of hydrogen-bond acceptors (Lipinski definition) is 2. The van der Waals surface area contributed by atoms with Gasteiger partial charge in [-0.2, -0.15) is 0 Å². The third-order valence-corrected chi connectivity index (χ3v) is 3.62. The molecular weight excluding hydrogens is 244 g/mol. The van der Waals surface area contributed by atoms with Gasteiger partial charge in [0.25, 0.3) is 0 Å². The molecule has 0 aliphatic carbocycles. The van der Waals surface area contributed by atoms with Gasteiger partial charge in [-0.3, -0.25) is 4.98 Å². The Morgan fingerprint density at radius 3 is 2.78 bits per heavy atom. The first-order chi connectivity index (χ1) is 8.65. The lowest BCUT2D eigenvalue weighted by Gasteiger charge is -2.22. The van der Waals surface area contributed by atoms with Gasteiger partial charge in [-0.1, -0.05) is 32.4 Å². The summed E-state index contributed by atoms with van der Waals surface area (Å²) in [4.78, 5) is 4.01. The smallest absolute Gasteiger partial charge is 0.0621 e. The zero-order chi connectivity index (χ0) is 13.4. The van der Waals surface area contributed by atoms with Gasteiger partial charge in [-0.25, -0.2) is 0 Å². The molecule has 0 amide bonds. The van der Waals surface area contributed by atoms with E-state index in [1.165, 1.54) is 24.8 Å². The number of halogens is 1. The molecular formula is C15H25ClN2. The largest absolute Gasteiger partial charge is 0.314 e. The van der Waals surface area contributed by atoms with Crippen molar-refractivity contribution < 1.29 is 0 Å². The summed E-state index contributed by atoms with van der Waals surface area (Å²) in [6.07, 6.45) is 8.15. The van der Waals surface area contributed by atoms with Crippen LogP contribution >= 0.6 is 11.6 Å². The summed E-state index contributed by atoms with van der Waals surface area (Å²) in [7, 11) is 0. The van der Waals surface area contributed by atoms with E-state index in [9.17, 15) is 0 Å². The Labute approximate surface area is 116 Å². The number of hydrogen-bond donors (Lipinski definition) is 1. The minimum absolute atomic E-state index is 0.616. The van der Waals surface area contributed by atoms with E-state index in [1.54, 1.807) is 6.20 Å². The molecule has 0 aromatic carbocycles. The molecule has 2 nitrogen and oxygen atoms in total. The van der Waals surface area contributed by atoms with E-state index in [2.05, 4.69) is 31.1 Å². The maximum absolute atomic E-state index is 6.11. The maximum atomic E-state index is 6.11. The van der Waals surface area contributed by atoms with Crippen LogP contribution in [0.2, 0.25) is 5.02 Å². The lowest BCUT2D eigenvalue weighted by molar-refractivity contribution is 0.370. The van der Waals surface area contributed by atoms with E-state index in [0.717, 1.165) is 18.0 Å². The second-order valence-corrected chi connectivity index (χ2v) is 5.57. The van der Waals surface area contributed by atoms with Gasteiger partial charge in [0.15, 0.2) is 0 Å². The summed E-state index contributed by atoms with van der Waals surface area (Å²) >= 11 is 6.11. The van der Waals surface area contributed by atoms with Crippen LogP contribution in [-0.2, 0) is 6.42 Å². The zero-order valence-electron chi connectivity index (χ0n) is 11.7. The first-order valence-electron chi connectivity index (χ1n) is 6.97. The number of nitrogens with zero attached hydrogens (tertiary/aromatic N) is 1. The van der Waals surface area contributed by atoms with Gasteiger partial charge in [-0.15, -0.1) is 0 Å². The van der Waals surface area contributed by atoms with E-state index in [1.807, 2.05) is 12.3 Å². The first kappa shape index (κ1) is 15.5. The Morgan fingerprint density at radius 2 is 2.17 bits per heavy atom. The molecule has 3 heteroatoms. The highest BCUT2D eigenvalue weighted by molar-refractivity contribution is 6.31. The summed E-state index contributed by atoms with van der Waals surface area (Å²) in [6, 6.07) is 2.64. The fourth-order valence-corrected chi connectivity index (χ4v) is 2.33. The van der Waals surface area contributed by atoms with Crippen molar-refractivity contribution in [3.8, 4) is 0 Å². The topological polar surface area (TPSA) is 24.9 Å². The van der Waals surface area contributed by atoms with Crippen LogP contribution in [0.3, 0.4) is 0 Å². The van der Waals surface area contributed by atoms with Crippen molar-refractivity contribution in [3.05, 3.63) is 29.0 Å². The molecule has 1 N–H and O–H groups in total. The van der Waals surface area contributed by atoms with Crippen LogP contribution in [0.15, 0.2) is 18.5 Å². The summed E-state index contributed by atoms with van der Waals surface area (Å²) < 4.78 is 0. The fraction of sp³-hybridized carbons (Fsp3) is 0.667. The standard InChI is InChI=1S/C15H25ClN2/c1-4-9-18-15(12(2)3)7-5-6-13-8-10-17-11-14(13)16/h8,10-12,15,18H,4-7,9H2,1-3H3. The van der Waals surface area contributed by atoms with Crippen LogP contribution in [0, 0.1) is 5.92 Å². The van der Waals surface area contributed by atoms with Crippen molar-refractivity contribution in [2.24, 2.45) is 5.92 Å². The lowest BCUT2D eigenvalue weighted by Crippen LogP contribution is -2.34. The molecule has 1 aromatic rings. The summed E-state index contributed by atoms with van der Waals surface area (Å²) in [5, 5.41) is 4.42. The molecule has 18 heavy (non-hydrogen) atoms. The second-order valence-electron chi connectivity index (χ2n) is 5.16. The van der Waals surface area contributed by atoms with Gasteiger partial charge in [0.2, 0.25) is 0 Å². The van der Waals surface area contributed by atoms with E-state index in [4.69, 9.17) is 11.6 Å². The quantitative estimate of drug-likeness (QED) is 0.768. The van der Waals surface area contributed by atoms with E-state index in [-0.39, 0.29) is 0 Å². The zero-order valence-corrected chi connectivity index (χ0v) is 12.5. The molecule has 0 bridgehead atoms. The highest BCUT2D eigenvalue weighted by Gasteiger charge is 2.12. The molecule has 1 heterocycles. The van der Waals surface area contributed by atoms with Crippen LogP contribution in [0.4, 0.5) is 0 Å². The summed E-state index contributed by atoms with van der Waals surface area (Å²) in [5.41, 5.74) is 1.21. The number of rotatable bonds is 8. The molecule has 0 radical (unpaired) electrons. The van der Waals surface area contributed by atoms with Crippen molar-refractivity contribution in [2.45, 2.75) is 52.5 Å². The Morgan fingerprint density at radius 1 is 1.39 bits per heavy atom. The van der Waals surface area contributed by atoms with Gasteiger partial charge >= 0.3 is 0 Å². The van der Waals surface area contributed by atoms with Crippen LogP contribution < -0.4 is 5.32 Å². The fourth-order valence-electron chi connectivity index (χ4n) is 2.12. The molecule has 0 fully saturated rings. The maximum Gasteiger partial charge on any atom is 0.0621 e. The predicted molar refractivity (Wildman–Crippen MR) is 79.1 cm³/mol. The van der Waals surface area contributed by atoms with Crippen LogP contribution in [0.25, 0.3) is 0 Å². The summed E-state index contributed by atoms with van der Waals surface area (Å²) in [5.74, 6) is 0.685. The first-order valence-corrected chi connectivity index (χ1v) is 7.34. The molecule has 0 aliphatic rings. The highest BCUT2D eigenvalue weighted by atomic mass is 35.5. The monoisotopic (exact) mass is 268 g/mol. The third-order valence-electron chi connectivity index (χ3n) is 3.28. The minimum atomic E-state index is 0.616. The average molecular weight is 269 g/mol. The number of aromatic nitrogens is 1. The third kappa shape index (κ3) is 5.36. The van der Waals surface area contributed by atoms with Gasteiger partial charge in [0.05, 0.1) is 5.02 Å². The second kappa shape index (κ2) is 8.49. The minimum Gasteiger partial charge on any atom is -0.314 e. The average Bonchev–Trinajstić information content (AvgIpc) is 2.35. The lowest BCUT2D eigenvalue weighted by atomic mass is 9.97. The molecule has 1 unspecified atom stereocenters. The van der Waals surface area contributed by atoms with E-state index < -0.39 is 0 Å². The normalized spacial score (nSPS) is 12.9. The molecule has 102 valence electrons.